The van der Waals surface area contributed by atoms with Crippen LogP contribution in [0.5, 0.6) is 0 Å². The fourth-order valence-corrected chi connectivity index (χ4v) is 3.45. The summed E-state index contributed by atoms with van der Waals surface area (Å²) in [5.41, 5.74) is 0.790. The summed E-state index contributed by atoms with van der Waals surface area (Å²) in [5, 5.41) is 11.1. The first-order chi connectivity index (χ1) is 9.65. The number of halogens is 1. The van der Waals surface area contributed by atoms with Gasteiger partial charge in [0.1, 0.15) is 11.3 Å². The number of nitrogens with one attached hydrogen (secondary N) is 1. The normalized spacial score (nSPS) is 18.2. The third kappa shape index (κ3) is 2.46. The van der Waals surface area contributed by atoms with Crippen molar-refractivity contribution in [3.63, 3.8) is 0 Å². The molecule has 102 valence electrons. The predicted octanol–water partition coefficient (Wildman–Crippen LogP) is 3.80. The van der Waals surface area contributed by atoms with Crippen molar-refractivity contribution in [2.45, 2.75) is 16.6 Å². The monoisotopic (exact) mass is 306 g/mol. The van der Waals surface area contributed by atoms with Crippen LogP contribution in [0.4, 0.5) is 0 Å². The second-order valence-electron chi connectivity index (χ2n) is 4.37. The number of carboxylic acid groups (broad SMARTS) is 1. The first-order valence-electron chi connectivity index (χ1n) is 6.05. The lowest BCUT2D eigenvalue weighted by atomic mass is 10.2. The van der Waals surface area contributed by atoms with Crippen molar-refractivity contribution in [1.82, 2.24) is 9.97 Å². The molecule has 0 spiro atoms. The van der Waals surface area contributed by atoms with E-state index in [0.717, 1.165) is 21.7 Å². The molecule has 0 bridgehead atoms. The van der Waals surface area contributed by atoms with Gasteiger partial charge in [-0.2, -0.15) is 0 Å². The second-order valence-corrected chi connectivity index (χ2v) is 6.06. The van der Waals surface area contributed by atoms with Gasteiger partial charge >= 0.3 is 5.97 Å². The molecule has 0 saturated heterocycles. The molecule has 0 aromatic carbocycles. The summed E-state index contributed by atoms with van der Waals surface area (Å²) in [4.78, 5) is 19.1. The van der Waals surface area contributed by atoms with Gasteiger partial charge in [-0.1, -0.05) is 23.8 Å². The number of carboxylic acids is 1. The molecule has 0 radical (unpaired) electrons. The van der Waals surface area contributed by atoms with Crippen LogP contribution >= 0.6 is 23.4 Å². The van der Waals surface area contributed by atoms with E-state index >= 15 is 0 Å². The first-order valence-corrected chi connectivity index (χ1v) is 7.31. The van der Waals surface area contributed by atoms with Gasteiger partial charge in [-0.3, -0.25) is 0 Å². The van der Waals surface area contributed by atoms with Crippen LogP contribution in [0.15, 0.2) is 46.5 Å². The summed E-state index contributed by atoms with van der Waals surface area (Å²) in [7, 11) is 0. The van der Waals surface area contributed by atoms with E-state index in [1.165, 1.54) is 11.8 Å². The summed E-state index contributed by atoms with van der Waals surface area (Å²) in [6.07, 6.45) is 8.20. The standard InChI is InChI=1S/C14H11ClN2O2S/c15-8-3-5-9(6-4-8)20-12-10-2-1-7-16-13(10)17-11(12)14(18)19/h1-5,7,9H,6H2,(H,16,17)(H,18,19). The molecule has 2 aromatic heterocycles. The van der Waals surface area contributed by atoms with Crippen LogP contribution in [-0.2, 0) is 0 Å². The first kappa shape index (κ1) is 13.3. The van der Waals surface area contributed by atoms with E-state index in [4.69, 9.17) is 11.6 Å². The van der Waals surface area contributed by atoms with Crippen LogP contribution in [-0.4, -0.2) is 26.3 Å². The number of rotatable bonds is 3. The van der Waals surface area contributed by atoms with Crippen molar-refractivity contribution >= 4 is 40.4 Å². The van der Waals surface area contributed by atoms with Crippen LogP contribution in [0.2, 0.25) is 0 Å². The van der Waals surface area contributed by atoms with Crippen molar-refractivity contribution < 1.29 is 9.90 Å². The minimum atomic E-state index is -0.973. The van der Waals surface area contributed by atoms with E-state index in [2.05, 4.69) is 9.97 Å². The van der Waals surface area contributed by atoms with Crippen molar-refractivity contribution in [2.24, 2.45) is 0 Å². The lowest BCUT2D eigenvalue weighted by Crippen LogP contribution is -2.03. The molecule has 0 fully saturated rings. The van der Waals surface area contributed by atoms with E-state index in [0.29, 0.717) is 5.65 Å². The van der Waals surface area contributed by atoms with E-state index in [-0.39, 0.29) is 10.9 Å². The van der Waals surface area contributed by atoms with Crippen LogP contribution < -0.4 is 0 Å². The minimum Gasteiger partial charge on any atom is -0.477 e. The third-order valence-corrected chi connectivity index (χ3v) is 4.61. The zero-order valence-electron chi connectivity index (χ0n) is 10.3. The predicted molar refractivity (Wildman–Crippen MR) is 80.4 cm³/mol. The Labute approximate surface area is 124 Å². The SMILES string of the molecule is O=C(O)c1[nH]c2ncccc2c1SC1C=CC(Cl)=CC1. The quantitative estimate of drug-likeness (QED) is 0.905. The van der Waals surface area contributed by atoms with Gasteiger partial charge in [0.05, 0.1) is 0 Å². The average Bonchev–Trinajstić information content (AvgIpc) is 2.81. The van der Waals surface area contributed by atoms with E-state index < -0.39 is 5.97 Å². The fraction of sp³-hybridized carbons (Fsp3) is 0.143. The molecule has 0 amide bonds. The molecule has 1 unspecified atom stereocenters. The number of allylic oxidation sites excluding steroid dienone is 3. The van der Waals surface area contributed by atoms with Crippen LogP contribution in [0, 0.1) is 0 Å². The fourth-order valence-electron chi connectivity index (χ4n) is 2.08. The molecule has 1 aliphatic carbocycles. The topological polar surface area (TPSA) is 66.0 Å². The van der Waals surface area contributed by atoms with E-state index in [1.807, 2.05) is 24.3 Å². The second kappa shape index (κ2) is 5.34. The summed E-state index contributed by atoms with van der Waals surface area (Å²) in [5.74, 6) is -0.973. The van der Waals surface area contributed by atoms with Crippen LogP contribution in [0.3, 0.4) is 0 Å². The number of thioether (sulfide) groups is 1. The number of aromatic nitrogens is 2. The smallest absolute Gasteiger partial charge is 0.353 e. The highest BCUT2D eigenvalue weighted by Crippen LogP contribution is 2.37. The number of H-pyrrole nitrogens is 1. The molecular weight excluding hydrogens is 296 g/mol. The Bertz CT molecular complexity index is 736. The van der Waals surface area contributed by atoms with Crippen molar-refractivity contribution in [1.29, 1.82) is 0 Å². The largest absolute Gasteiger partial charge is 0.477 e. The molecule has 0 saturated carbocycles. The molecule has 1 aliphatic rings. The third-order valence-electron chi connectivity index (χ3n) is 3.02. The van der Waals surface area contributed by atoms with Gasteiger partial charge in [0.2, 0.25) is 0 Å². The number of pyridine rings is 1. The molecule has 0 aliphatic heterocycles. The Hall–Kier alpha value is -1.72. The molecule has 4 nitrogen and oxygen atoms in total. The Morgan fingerprint density at radius 1 is 1.55 bits per heavy atom. The molecule has 20 heavy (non-hydrogen) atoms. The van der Waals surface area contributed by atoms with Gasteiger partial charge in [-0.15, -0.1) is 11.8 Å². The summed E-state index contributed by atoms with van der Waals surface area (Å²) in [6, 6.07) is 3.68. The van der Waals surface area contributed by atoms with Gasteiger partial charge in [0.25, 0.3) is 0 Å². The highest BCUT2D eigenvalue weighted by Gasteiger charge is 2.21. The van der Waals surface area contributed by atoms with Gasteiger partial charge in [0, 0.05) is 26.8 Å². The van der Waals surface area contributed by atoms with Crippen molar-refractivity contribution in [3.8, 4) is 0 Å². The molecule has 6 heteroatoms. The average molecular weight is 307 g/mol. The highest BCUT2D eigenvalue weighted by atomic mass is 35.5. The number of aromatic carboxylic acids is 1. The van der Waals surface area contributed by atoms with Gasteiger partial charge in [-0.25, -0.2) is 9.78 Å². The summed E-state index contributed by atoms with van der Waals surface area (Å²) < 4.78 is 0. The van der Waals surface area contributed by atoms with Crippen molar-refractivity contribution in [2.75, 3.05) is 0 Å². The summed E-state index contributed by atoms with van der Waals surface area (Å²) >= 11 is 7.41. The molecule has 2 heterocycles. The molecule has 3 rings (SSSR count). The van der Waals surface area contributed by atoms with Gasteiger partial charge in [0.15, 0.2) is 0 Å². The number of nitrogens with zero attached hydrogens (tertiary/aromatic N) is 1. The highest BCUT2D eigenvalue weighted by molar-refractivity contribution is 8.00. The lowest BCUT2D eigenvalue weighted by Gasteiger charge is -2.13. The van der Waals surface area contributed by atoms with E-state index in [1.54, 1.807) is 12.3 Å². The Morgan fingerprint density at radius 2 is 2.40 bits per heavy atom. The van der Waals surface area contributed by atoms with Crippen LogP contribution in [0.1, 0.15) is 16.9 Å². The summed E-state index contributed by atoms with van der Waals surface area (Å²) in [6.45, 7) is 0. The minimum absolute atomic E-state index is 0.176. The number of carbonyl (C=O) groups is 1. The maximum absolute atomic E-state index is 11.4. The molecular formula is C14H11ClN2O2S. The van der Waals surface area contributed by atoms with E-state index in [9.17, 15) is 9.90 Å². The Balaban J connectivity index is 1.99. The van der Waals surface area contributed by atoms with Gasteiger partial charge < -0.3 is 10.1 Å². The maximum atomic E-state index is 11.4. The lowest BCUT2D eigenvalue weighted by molar-refractivity contribution is 0.0687. The van der Waals surface area contributed by atoms with Gasteiger partial charge in [-0.05, 0) is 24.6 Å². The van der Waals surface area contributed by atoms with Crippen molar-refractivity contribution in [3.05, 3.63) is 47.3 Å². The number of fused-ring (bicyclic) bond motifs is 1. The molecule has 2 aromatic rings. The zero-order chi connectivity index (χ0) is 14.1. The Kier molecular flexibility index (Phi) is 3.54. The number of aromatic amines is 1. The maximum Gasteiger partial charge on any atom is 0.353 e. The molecule has 1 atom stereocenters. The molecule has 2 N–H and O–H groups in total. The number of hydrogen-bond acceptors (Lipinski definition) is 3. The number of hydrogen-bond donors (Lipinski definition) is 2. The zero-order valence-corrected chi connectivity index (χ0v) is 11.9. The Morgan fingerprint density at radius 3 is 3.10 bits per heavy atom. The van der Waals surface area contributed by atoms with Crippen LogP contribution in [0.25, 0.3) is 11.0 Å².